The molecule has 2 N–H and O–H groups in total. The molecule has 19 nitrogen and oxygen atoms in total. The van der Waals surface area contributed by atoms with Crippen LogP contribution in [0.5, 0.6) is 23.0 Å². The summed E-state index contributed by atoms with van der Waals surface area (Å²) in [5.41, 5.74) is -0.162. The summed E-state index contributed by atoms with van der Waals surface area (Å²) in [6.07, 6.45) is -9.35. The lowest BCUT2D eigenvalue weighted by molar-refractivity contribution is -0.287. The number of hydrogen-bond donors (Lipinski definition) is 2. The number of oxazole rings is 1. The van der Waals surface area contributed by atoms with Crippen LogP contribution in [0.2, 0.25) is 0 Å². The van der Waals surface area contributed by atoms with Crippen LogP contribution >= 0.6 is 31.9 Å². The van der Waals surface area contributed by atoms with Gasteiger partial charge in [0.2, 0.25) is 5.78 Å². The van der Waals surface area contributed by atoms with Gasteiger partial charge in [-0.05, 0) is 72.8 Å². The highest BCUT2D eigenvalue weighted by molar-refractivity contribution is 9.10. The molecule has 5 heterocycles. The van der Waals surface area contributed by atoms with E-state index in [0.717, 1.165) is 54.6 Å². The van der Waals surface area contributed by atoms with E-state index in [1.54, 1.807) is 31.2 Å². The van der Waals surface area contributed by atoms with Gasteiger partial charge < -0.3 is 43.1 Å². The molecule has 9 rings (SSSR count). The van der Waals surface area contributed by atoms with Crippen molar-refractivity contribution < 1.29 is 102 Å². The number of esters is 2. The standard InChI is InChI=1S/C24H17BrF4N2O7.C23H14BrF4N3O5.C2H4O2.CH4/c1-11(32)36-21(20(33)12-4-7-17-18(8-12)38-24(28,29)37-17)15-9-13(25)5-6-14(15)16-10-19(30-31(16)2)23(26,27)22(34)35-3;1-10-29-19(11-3-6-16-17(7-11)36-23(27,28)35-16)20(34-10)14-8-12(24)4-5-13(14)15-9-18(30-31(15)2)22(25,26)21(32)33;1-2(3)4;/h4-10,21H,1-3H3;3-9H,1-2H3,(H,32,33);1H3,(H,3,4);1H4. The van der Waals surface area contributed by atoms with Crippen LogP contribution in [0.15, 0.2) is 98.3 Å². The number of hydrogen-bond acceptors (Lipinski definition) is 15. The summed E-state index contributed by atoms with van der Waals surface area (Å²) in [6, 6.07) is 18.7. The SMILES string of the molecule is C.CC(=O)O.COC(=O)C(F)(F)c1cc(-c2ccc(Br)cc2C(OC(C)=O)C(=O)c2ccc3c(c2)OC(F)(F)O3)n(C)n1.Cc1nc(-c2ccc3c(c2)OC(F)(F)O3)c(-c2cc(Br)ccc2-c2cc(C(F)(F)C(=O)O)nn2C)o1. The summed E-state index contributed by atoms with van der Waals surface area (Å²) in [5.74, 6) is -15.5. The van der Waals surface area contributed by atoms with Gasteiger partial charge in [0.1, 0.15) is 17.1 Å². The van der Waals surface area contributed by atoms with E-state index in [1.165, 1.54) is 50.5 Å². The third-order valence-corrected chi connectivity index (χ3v) is 11.8. The first-order valence-corrected chi connectivity index (χ1v) is 23.4. The van der Waals surface area contributed by atoms with Crippen molar-refractivity contribution >= 4 is 61.5 Å². The van der Waals surface area contributed by atoms with Crippen molar-refractivity contribution in [1.29, 1.82) is 0 Å². The minimum Gasteiger partial charge on any atom is -0.481 e. The Hall–Kier alpha value is -8.34. The Labute approximate surface area is 456 Å². The van der Waals surface area contributed by atoms with Crippen molar-refractivity contribution in [1.82, 2.24) is 24.5 Å². The molecule has 0 radical (unpaired) electrons. The Kier molecular flexibility index (Phi) is 17.1. The van der Waals surface area contributed by atoms with E-state index in [1.807, 2.05) is 0 Å². The van der Waals surface area contributed by atoms with E-state index >= 15 is 0 Å². The van der Waals surface area contributed by atoms with Crippen LogP contribution in [0, 0.1) is 6.92 Å². The van der Waals surface area contributed by atoms with Gasteiger partial charge in [-0.1, -0.05) is 51.4 Å². The van der Waals surface area contributed by atoms with E-state index in [4.69, 9.17) is 24.2 Å². The second-order valence-corrected chi connectivity index (χ2v) is 18.2. The maximum Gasteiger partial charge on any atom is 0.586 e. The highest BCUT2D eigenvalue weighted by Crippen LogP contribution is 2.47. The Bertz CT molecular complexity index is 3540. The quantitative estimate of drug-likeness (QED) is 0.0656. The predicted molar refractivity (Wildman–Crippen MR) is 264 cm³/mol. The first-order valence-electron chi connectivity index (χ1n) is 21.8. The number of alkyl halides is 8. The Morgan fingerprint density at radius 2 is 1.16 bits per heavy atom. The molecular formula is C50H39Br2F8N5O14. The summed E-state index contributed by atoms with van der Waals surface area (Å²) in [6.45, 7) is 3.72. The van der Waals surface area contributed by atoms with Gasteiger partial charge in [-0.2, -0.15) is 27.8 Å². The van der Waals surface area contributed by atoms with Gasteiger partial charge >= 0.3 is 42.3 Å². The molecule has 2 aliphatic heterocycles. The largest absolute Gasteiger partial charge is 0.586 e. The van der Waals surface area contributed by atoms with Crippen LogP contribution in [0.3, 0.4) is 0 Å². The minimum absolute atomic E-state index is 0. The molecule has 0 fully saturated rings. The molecule has 0 spiro atoms. The highest BCUT2D eigenvalue weighted by atomic mass is 79.9. The second kappa shape index (κ2) is 22.6. The summed E-state index contributed by atoms with van der Waals surface area (Å²) < 4.78 is 147. The van der Waals surface area contributed by atoms with Crippen molar-refractivity contribution in [3.63, 3.8) is 0 Å². The number of aryl methyl sites for hydroxylation is 3. The van der Waals surface area contributed by atoms with E-state index in [2.05, 4.69) is 70.7 Å². The van der Waals surface area contributed by atoms with Gasteiger partial charge in [0, 0.05) is 77.2 Å². The lowest BCUT2D eigenvalue weighted by atomic mass is 9.93. The average molecular weight is 1250 g/mol. The van der Waals surface area contributed by atoms with E-state index < -0.39 is 77.3 Å². The molecule has 0 saturated heterocycles. The van der Waals surface area contributed by atoms with Crippen LogP contribution in [-0.2, 0) is 54.6 Å². The van der Waals surface area contributed by atoms with Gasteiger partial charge in [-0.3, -0.25) is 23.7 Å². The van der Waals surface area contributed by atoms with Crippen LogP contribution < -0.4 is 18.9 Å². The molecule has 2 aliphatic rings. The molecule has 418 valence electrons. The second-order valence-electron chi connectivity index (χ2n) is 16.4. The molecule has 0 amide bonds. The fourth-order valence-corrected chi connectivity index (χ4v) is 8.32. The Balaban J connectivity index is 0.000000236. The summed E-state index contributed by atoms with van der Waals surface area (Å²) in [4.78, 5) is 61.5. The molecule has 79 heavy (non-hydrogen) atoms. The number of Topliss-reactive ketones (excluding diaryl/α,β-unsaturated/α-hetero) is 1. The maximum atomic E-state index is 14.5. The fourth-order valence-electron chi connectivity index (χ4n) is 7.58. The smallest absolute Gasteiger partial charge is 0.481 e. The molecule has 3 aromatic heterocycles. The summed E-state index contributed by atoms with van der Waals surface area (Å²) >= 11 is 6.65. The number of ether oxygens (including phenoxy) is 6. The summed E-state index contributed by atoms with van der Waals surface area (Å²) in [7, 11) is 3.53. The number of nitrogens with zero attached hydrogens (tertiary/aromatic N) is 5. The number of carbonyl (C=O) groups excluding carboxylic acids is 3. The molecular weight excluding hydrogens is 1210 g/mol. The molecule has 0 saturated carbocycles. The molecule has 0 aliphatic carbocycles. The van der Waals surface area contributed by atoms with Crippen LogP contribution in [0.4, 0.5) is 35.1 Å². The Morgan fingerprint density at radius 1 is 0.671 bits per heavy atom. The molecule has 29 heteroatoms. The summed E-state index contributed by atoms with van der Waals surface area (Å²) in [5, 5.41) is 23.8. The molecule has 1 atom stereocenters. The topological polar surface area (TPSA) is 243 Å². The maximum absolute atomic E-state index is 14.5. The number of ketones is 1. The first kappa shape index (κ1) is 59.9. The molecule has 7 aromatic rings. The third kappa shape index (κ3) is 12.8. The van der Waals surface area contributed by atoms with E-state index in [-0.39, 0.29) is 70.1 Å². The monoisotopic (exact) mass is 1240 g/mol. The normalized spacial score (nSPS) is 13.9. The van der Waals surface area contributed by atoms with Gasteiger partial charge in [-0.15, -0.1) is 17.6 Å². The number of carboxylic acid groups (broad SMARTS) is 2. The predicted octanol–water partition coefficient (Wildman–Crippen LogP) is 11.6. The van der Waals surface area contributed by atoms with Gasteiger partial charge in [0.25, 0.3) is 5.97 Å². The fraction of sp³-hybridized carbons (Fsp3) is 0.240. The first-order chi connectivity index (χ1) is 36.3. The van der Waals surface area contributed by atoms with Crippen molar-refractivity contribution in [2.45, 2.75) is 58.7 Å². The van der Waals surface area contributed by atoms with Gasteiger partial charge in [-0.25, -0.2) is 14.6 Å². The number of carbonyl (C=O) groups is 5. The van der Waals surface area contributed by atoms with Crippen molar-refractivity contribution in [2.24, 2.45) is 14.1 Å². The number of aliphatic carboxylic acids is 2. The van der Waals surface area contributed by atoms with Gasteiger partial charge in [0.05, 0.1) is 18.5 Å². The average Bonchev–Trinajstić information content (AvgIpc) is 4.29. The van der Waals surface area contributed by atoms with Gasteiger partial charge in [0.15, 0.2) is 40.8 Å². The number of fused-ring (bicyclic) bond motifs is 2. The molecule has 0 bridgehead atoms. The minimum atomic E-state index is -4.20. The Morgan fingerprint density at radius 3 is 1.71 bits per heavy atom. The number of aromatic nitrogens is 5. The lowest BCUT2D eigenvalue weighted by Gasteiger charge is -2.20. The van der Waals surface area contributed by atoms with Crippen molar-refractivity contribution in [2.75, 3.05) is 7.11 Å². The number of rotatable bonds is 12. The van der Waals surface area contributed by atoms with E-state index in [9.17, 15) is 54.3 Å². The number of methoxy groups -OCH3 is 1. The van der Waals surface area contributed by atoms with Crippen molar-refractivity contribution in [3.8, 4) is 68.1 Å². The molecule has 4 aromatic carbocycles. The zero-order chi connectivity index (χ0) is 57.6. The highest BCUT2D eigenvalue weighted by Gasteiger charge is 2.48. The number of carboxylic acids is 2. The number of benzene rings is 4. The van der Waals surface area contributed by atoms with E-state index in [0.29, 0.717) is 25.6 Å². The van der Waals surface area contributed by atoms with Crippen LogP contribution in [0.25, 0.3) is 45.1 Å². The number of halogens is 10. The van der Waals surface area contributed by atoms with Crippen LogP contribution in [-0.4, -0.2) is 84.1 Å². The zero-order valence-corrected chi connectivity index (χ0v) is 43.6. The zero-order valence-electron chi connectivity index (χ0n) is 40.5. The van der Waals surface area contributed by atoms with Crippen molar-refractivity contribution in [3.05, 3.63) is 122 Å². The third-order valence-electron chi connectivity index (χ3n) is 10.8. The molecule has 1 unspecified atom stereocenters. The lowest BCUT2D eigenvalue weighted by Crippen LogP contribution is -2.27. The van der Waals surface area contributed by atoms with Crippen LogP contribution in [0.1, 0.15) is 60.6 Å².